The third-order valence-corrected chi connectivity index (χ3v) is 1.52. The van der Waals surface area contributed by atoms with Crippen molar-refractivity contribution in [3.63, 3.8) is 0 Å². The van der Waals surface area contributed by atoms with Crippen molar-refractivity contribution in [3.8, 4) is 0 Å². The van der Waals surface area contributed by atoms with E-state index < -0.39 is 0 Å². The van der Waals surface area contributed by atoms with E-state index in [1.54, 1.807) is 24.3 Å². The van der Waals surface area contributed by atoms with Gasteiger partial charge in [0.15, 0.2) is 0 Å². The fraction of sp³-hybridized carbons (Fsp3) is 0.250. The van der Waals surface area contributed by atoms with Gasteiger partial charge in [-0.05, 0) is 29.8 Å². The Morgan fingerprint density at radius 1 is 1.36 bits per heavy atom. The standard InChI is InChI=1S/C8H10N2O/c1-6(9)7-2-4-8(10-11)5-3-7/h2-6H,9H2,1H3/t6-/m1/s1. The Morgan fingerprint density at radius 2 is 1.91 bits per heavy atom. The van der Waals surface area contributed by atoms with Crippen LogP contribution in [0, 0.1) is 4.91 Å². The van der Waals surface area contributed by atoms with Gasteiger partial charge in [0.25, 0.3) is 0 Å². The maximum absolute atomic E-state index is 10.0. The molecule has 1 aromatic carbocycles. The van der Waals surface area contributed by atoms with Crippen LogP contribution in [0.3, 0.4) is 0 Å². The fourth-order valence-electron chi connectivity index (χ4n) is 0.839. The lowest BCUT2D eigenvalue weighted by Crippen LogP contribution is -2.03. The van der Waals surface area contributed by atoms with Crippen molar-refractivity contribution in [1.29, 1.82) is 0 Å². The molecule has 0 spiro atoms. The lowest BCUT2D eigenvalue weighted by molar-refractivity contribution is 0.818. The Labute approximate surface area is 65.2 Å². The SMILES string of the molecule is C[C@@H](N)c1ccc(N=O)cc1. The monoisotopic (exact) mass is 150 g/mol. The van der Waals surface area contributed by atoms with Crippen LogP contribution in [0.2, 0.25) is 0 Å². The molecule has 0 heterocycles. The zero-order valence-corrected chi connectivity index (χ0v) is 6.32. The van der Waals surface area contributed by atoms with Crippen LogP contribution in [-0.2, 0) is 0 Å². The topological polar surface area (TPSA) is 55.4 Å². The Bertz CT molecular complexity index is 241. The first-order valence-corrected chi connectivity index (χ1v) is 3.43. The first-order chi connectivity index (χ1) is 5.24. The second-order valence-corrected chi connectivity index (χ2v) is 2.47. The largest absolute Gasteiger partial charge is 0.324 e. The molecule has 0 unspecified atom stereocenters. The van der Waals surface area contributed by atoms with Gasteiger partial charge in [-0.3, -0.25) is 0 Å². The normalized spacial score (nSPS) is 12.5. The number of nitroso groups, excluding NO2 is 1. The van der Waals surface area contributed by atoms with Gasteiger partial charge in [-0.25, -0.2) is 0 Å². The summed E-state index contributed by atoms with van der Waals surface area (Å²) in [6.45, 7) is 1.89. The van der Waals surface area contributed by atoms with Crippen LogP contribution in [0.25, 0.3) is 0 Å². The van der Waals surface area contributed by atoms with Crippen molar-refractivity contribution < 1.29 is 0 Å². The summed E-state index contributed by atoms with van der Waals surface area (Å²) in [5.74, 6) is 0. The molecule has 2 N–H and O–H groups in total. The minimum absolute atomic E-state index is 0.00991. The van der Waals surface area contributed by atoms with Gasteiger partial charge in [0.05, 0.1) is 0 Å². The molecule has 0 amide bonds. The molecule has 3 heteroatoms. The minimum Gasteiger partial charge on any atom is -0.324 e. The number of nitrogens with two attached hydrogens (primary N) is 1. The highest BCUT2D eigenvalue weighted by Gasteiger charge is 1.97. The summed E-state index contributed by atoms with van der Waals surface area (Å²) < 4.78 is 0. The van der Waals surface area contributed by atoms with E-state index in [1.807, 2.05) is 6.92 Å². The maximum Gasteiger partial charge on any atom is 0.108 e. The van der Waals surface area contributed by atoms with Crippen molar-refractivity contribution in [2.45, 2.75) is 13.0 Å². The Hall–Kier alpha value is -1.22. The van der Waals surface area contributed by atoms with Crippen LogP contribution in [0.5, 0.6) is 0 Å². The molecule has 0 saturated carbocycles. The van der Waals surface area contributed by atoms with E-state index in [0.29, 0.717) is 5.69 Å². The molecule has 0 aromatic heterocycles. The second kappa shape index (κ2) is 3.25. The average molecular weight is 150 g/mol. The molecule has 3 nitrogen and oxygen atoms in total. The molecule has 11 heavy (non-hydrogen) atoms. The third kappa shape index (κ3) is 1.85. The van der Waals surface area contributed by atoms with Gasteiger partial charge in [-0.2, -0.15) is 0 Å². The Balaban J connectivity index is 2.91. The maximum atomic E-state index is 10.0. The van der Waals surface area contributed by atoms with Crippen molar-refractivity contribution >= 4 is 5.69 Å². The molecular weight excluding hydrogens is 140 g/mol. The molecule has 0 saturated heterocycles. The molecule has 1 atom stereocenters. The van der Waals surface area contributed by atoms with Crippen LogP contribution < -0.4 is 5.73 Å². The van der Waals surface area contributed by atoms with Gasteiger partial charge in [-0.1, -0.05) is 12.1 Å². The van der Waals surface area contributed by atoms with E-state index in [4.69, 9.17) is 5.73 Å². The Kier molecular flexibility index (Phi) is 2.33. The van der Waals surface area contributed by atoms with E-state index in [-0.39, 0.29) is 6.04 Å². The Morgan fingerprint density at radius 3 is 2.27 bits per heavy atom. The molecule has 0 aliphatic rings. The second-order valence-electron chi connectivity index (χ2n) is 2.47. The van der Waals surface area contributed by atoms with Gasteiger partial charge >= 0.3 is 0 Å². The zero-order chi connectivity index (χ0) is 8.27. The van der Waals surface area contributed by atoms with Gasteiger partial charge in [0.2, 0.25) is 0 Å². The highest BCUT2D eigenvalue weighted by atomic mass is 16.3. The lowest BCUT2D eigenvalue weighted by Gasteiger charge is -2.03. The third-order valence-electron chi connectivity index (χ3n) is 1.52. The quantitative estimate of drug-likeness (QED) is 0.656. The van der Waals surface area contributed by atoms with E-state index in [0.717, 1.165) is 5.56 Å². The van der Waals surface area contributed by atoms with Crippen LogP contribution >= 0.6 is 0 Å². The molecule has 0 aliphatic carbocycles. The molecule has 0 aliphatic heterocycles. The highest BCUT2D eigenvalue weighted by molar-refractivity contribution is 5.39. The molecule has 0 radical (unpaired) electrons. The first-order valence-electron chi connectivity index (χ1n) is 3.43. The zero-order valence-electron chi connectivity index (χ0n) is 6.32. The number of rotatable bonds is 2. The number of hydrogen-bond acceptors (Lipinski definition) is 3. The predicted octanol–water partition coefficient (Wildman–Crippen LogP) is 2.10. The lowest BCUT2D eigenvalue weighted by atomic mass is 10.1. The van der Waals surface area contributed by atoms with E-state index in [1.165, 1.54) is 0 Å². The van der Waals surface area contributed by atoms with E-state index >= 15 is 0 Å². The van der Waals surface area contributed by atoms with Crippen LogP contribution in [0.1, 0.15) is 18.5 Å². The fourth-order valence-corrected chi connectivity index (χ4v) is 0.839. The predicted molar refractivity (Wildman–Crippen MR) is 44.5 cm³/mol. The molecule has 58 valence electrons. The van der Waals surface area contributed by atoms with Crippen LogP contribution in [-0.4, -0.2) is 0 Å². The number of benzene rings is 1. The summed E-state index contributed by atoms with van der Waals surface area (Å²) in [6, 6.07) is 6.94. The molecule has 0 fully saturated rings. The van der Waals surface area contributed by atoms with Crippen molar-refractivity contribution in [2.24, 2.45) is 10.9 Å². The number of nitrogens with zero attached hydrogens (tertiary/aromatic N) is 1. The molecule has 1 rings (SSSR count). The van der Waals surface area contributed by atoms with Gasteiger partial charge in [0, 0.05) is 6.04 Å². The number of hydrogen-bond donors (Lipinski definition) is 1. The first kappa shape index (κ1) is 7.88. The van der Waals surface area contributed by atoms with E-state index in [2.05, 4.69) is 5.18 Å². The summed E-state index contributed by atoms with van der Waals surface area (Å²) in [5.41, 5.74) is 7.05. The smallest absolute Gasteiger partial charge is 0.108 e. The highest BCUT2D eigenvalue weighted by Crippen LogP contribution is 2.15. The van der Waals surface area contributed by atoms with Crippen LogP contribution in [0.4, 0.5) is 5.69 Å². The summed E-state index contributed by atoms with van der Waals surface area (Å²) in [6.07, 6.45) is 0. The summed E-state index contributed by atoms with van der Waals surface area (Å²) in [5, 5.41) is 2.78. The summed E-state index contributed by atoms with van der Waals surface area (Å²) >= 11 is 0. The summed E-state index contributed by atoms with van der Waals surface area (Å²) in [7, 11) is 0. The minimum atomic E-state index is 0.00991. The van der Waals surface area contributed by atoms with Gasteiger partial charge in [0.1, 0.15) is 5.69 Å². The van der Waals surface area contributed by atoms with Crippen LogP contribution in [0.15, 0.2) is 29.4 Å². The van der Waals surface area contributed by atoms with Crippen molar-refractivity contribution in [2.75, 3.05) is 0 Å². The van der Waals surface area contributed by atoms with Crippen molar-refractivity contribution in [3.05, 3.63) is 34.7 Å². The van der Waals surface area contributed by atoms with Gasteiger partial charge < -0.3 is 5.73 Å². The average Bonchev–Trinajstić information content (AvgIpc) is 2.05. The molecule has 1 aromatic rings. The van der Waals surface area contributed by atoms with Gasteiger partial charge in [-0.15, -0.1) is 4.91 Å². The van der Waals surface area contributed by atoms with E-state index in [9.17, 15) is 4.91 Å². The van der Waals surface area contributed by atoms with Crippen molar-refractivity contribution in [1.82, 2.24) is 0 Å². The molecule has 0 bridgehead atoms. The molecular formula is C8H10N2O. The summed E-state index contributed by atoms with van der Waals surface area (Å²) in [4.78, 5) is 10.0.